The van der Waals surface area contributed by atoms with E-state index in [-0.39, 0.29) is 11.7 Å². The number of hydrogen-bond donors (Lipinski definition) is 2. The van der Waals surface area contributed by atoms with Crippen molar-refractivity contribution < 1.29 is 9.90 Å². The SMILES string of the molecule is Cc1ccc(C(=O)NCc2ccc(C)s2)c(O)c1. The lowest BCUT2D eigenvalue weighted by atomic mass is 10.1. The zero-order chi connectivity index (χ0) is 13.1. The van der Waals surface area contributed by atoms with Crippen LogP contribution in [0.1, 0.15) is 25.7 Å². The van der Waals surface area contributed by atoms with Crippen LogP contribution in [0.4, 0.5) is 0 Å². The van der Waals surface area contributed by atoms with Crippen LogP contribution in [0.3, 0.4) is 0 Å². The fourth-order valence-corrected chi connectivity index (χ4v) is 2.51. The van der Waals surface area contributed by atoms with Gasteiger partial charge in [0.2, 0.25) is 0 Å². The van der Waals surface area contributed by atoms with Crippen molar-refractivity contribution in [1.29, 1.82) is 0 Å². The number of rotatable bonds is 3. The summed E-state index contributed by atoms with van der Waals surface area (Å²) in [5.41, 5.74) is 1.24. The first-order valence-electron chi connectivity index (χ1n) is 5.69. The van der Waals surface area contributed by atoms with E-state index in [9.17, 15) is 9.90 Å². The van der Waals surface area contributed by atoms with Gasteiger partial charge < -0.3 is 10.4 Å². The number of phenols is 1. The summed E-state index contributed by atoms with van der Waals surface area (Å²) >= 11 is 1.65. The molecule has 0 spiro atoms. The van der Waals surface area contributed by atoms with Gasteiger partial charge in [0.05, 0.1) is 12.1 Å². The minimum Gasteiger partial charge on any atom is -0.507 e. The highest BCUT2D eigenvalue weighted by molar-refractivity contribution is 7.11. The maximum Gasteiger partial charge on any atom is 0.255 e. The molecule has 0 aliphatic heterocycles. The number of thiophene rings is 1. The Labute approximate surface area is 110 Å². The van der Waals surface area contributed by atoms with Gasteiger partial charge in [-0.05, 0) is 43.7 Å². The van der Waals surface area contributed by atoms with Crippen molar-refractivity contribution in [2.45, 2.75) is 20.4 Å². The molecule has 94 valence electrons. The number of carbonyl (C=O) groups excluding carboxylic acids is 1. The number of aryl methyl sites for hydroxylation is 2. The van der Waals surface area contributed by atoms with Crippen molar-refractivity contribution in [3.63, 3.8) is 0 Å². The molecule has 1 heterocycles. The molecule has 0 fully saturated rings. The van der Waals surface area contributed by atoms with Gasteiger partial charge in [0.25, 0.3) is 5.91 Å². The Morgan fingerprint density at radius 1 is 1.28 bits per heavy atom. The largest absolute Gasteiger partial charge is 0.507 e. The smallest absolute Gasteiger partial charge is 0.255 e. The first kappa shape index (κ1) is 12.6. The van der Waals surface area contributed by atoms with Crippen LogP contribution in [-0.4, -0.2) is 11.0 Å². The van der Waals surface area contributed by atoms with Crippen LogP contribution in [0.15, 0.2) is 30.3 Å². The quantitative estimate of drug-likeness (QED) is 0.892. The van der Waals surface area contributed by atoms with Crippen molar-refractivity contribution in [2.24, 2.45) is 0 Å². The van der Waals surface area contributed by atoms with Gasteiger partial charge in [-0.25, -0.2) is 0 Å². The van der Waals surface area contributed by atoms with Crippen molar-refractivity contribution in [2.75, 3.05) is 0 Å². The molecule has 1 aromatic heterocycles. The van der Waals surface area contributed by atoms with E-state index >= 15 is 0 Å². The summed E-state index contributed by atoms with van der Waals surface area (Å²) in [6.45, 7) is 4.39. The Bertz CT molecular complexity index is 575. The number of nitrogens with one attached hydrogen (secondary N) is 1. The monoisotopic (exact) mass is 261 g/mol. The molecular formula is C14H15NO2S. The van der Waals surface area contributed by atoms with Crippen LogP contribution in [0, 0.1) is 13.8 Å². The van der Waals surface area contributed by atoms with Gasteiger partial charge in [-0.2, -0.15) is 0 Å². The second kappa shape index (κ2) is 5.23. The zero-order valence-electron chi connectivity index (χ0n) is 10.4. The molecule has 0 aliphatic carbocycles. The summed E-state index contributed by atoms with van der Waals surface area (Å²) in [4.78, 5) is 14.2. The number of aromatic hydroxyl groups is 1. The van der Waals surface area contributed by atoms with Crippen LogP contribution in [0.2, 0.25) is 0 Å². The van der Waals surface area contributed by atoms with E-state index in [0.717, 1.165) is 10.4 Å². The lowest BCUT2D eigenvalue weighted by Gasteiger charge is -2.06. The first-order chi connectivity index (χ1) is 8.56. The van der Waals surface area contributed by atoms with Gasteiger partial charge in [-0.15, -0.1) is 11.3 Å². The lowest BCUT2D eigenvalue weighted by molar-refractivity contribution is 0.0948. The molecule has 0 atom stereocenters. The maximum absolute atomic E-state index is 11.9. The minimum absolute atomic E-state index is 0.0230. The zero-order valence-corrected chi connectivity index (χ0v) is 11.2. The molecule has 2 aromatic rings. The van der Waals surface area contributed by atoms with Gasteiger partial charge in [-0.3, -0.25) is 4.79 Å². The standard InChI is InChI=1S/C14H15NO2S/c1-9-3-6-12(13(16)7-9)14(17)15-8-11-5-4-10(2)18-11/h3-7,16H,8H2,1-2H3,(H,15,17). The molecule has 3 nitrogen and oxygen atoms in total. The minimum atomic E-state index is -0.251. The number of benzene rings is 1. The Morgan fingerprint density at radius 3 is 2.67 bits per heavy atom. The van der Waals surface area contributed by atoms with Crippen molar-refractivity contribution in [1.82, 2.24) is 5.32 Å². The predicted molar refractivity (Wildman–Crippen MR) is 73.1 cm³/mol. The van der Waals surface area contributed by atoms with Gasteiger partial charge >= 0.3 is 0 Å². The second-order valence-electron chi connectivity index (χ2n) is 4.22. The molecule has 0 radical (unpaired) electrons. The average molecular weight is 261 g/mol. The maximum atomic E-state index is 11.9. The highest BCUT2D eigenvalue weighted by Gasteiger charge is 2.10. The fraction of sp³-hybridized carbons (Fsp3) is 0.214. The Hall–Kier alpha value is -1.81. The summed E-state index contributed by atoms with van der Waals surface area (Å²) in [6.07, 6.45) is 0. The number of amides is 1. The van der Waals surface area contributed by atoms with E-state index in [4.69, 9.17) is 0 Å². The van der Waals surface area contributed by atoms with E-state index in [0.29, 0.717) is 12.1 Å². The number of carbonyl (C=O) groups is 1. The summed E-state index contributed by atoms with van der Waals surface area (Å²) in [6, 6.07) is 9.05. The Kier molecular flexibility index (Phi) is 3.67. The van der Waals surface area contributed by atoms with E-state index in [1.807, 2.05) is 32.0 Å². The van der Waals surface area contributed by atoms with Crippen LogP contribution in [0.25, 0.3) is 0 Å². The third-order valence-electron chi connectivity index (χ3n) is 2.62. The molecule has 18 heavy (non-hydrogen) atoms. The molecule has 4 heteroatoms. The van der Waals surface area contributed by atoms with Crippen molar-refractivity contribution >= 4 is 17.2 Å². The molecule has 2 N–H and O–H groups in total. The van der Waals surface area contributed by atoms with Crippen LogP contribution >= 0.6 is 11.3 Å². The van der Waals surface area contributed by atoms with E-state index in [1.165, 1.54) is 4.88 Å². The number of phenolic OH excluding ortho intramolecular Hbond substituents is 1. The Morgan fingerprint density at radius 2 is 2.06 bits per heavy atom. The van der Waals surface area contributed by atoms with Gasteiger partial charge in [-0.1, -0.05) is 6.07 Å². The topological polar surface area (TPSA) is 49.3 Å². The normalized spacial score (nSPS) is 10.3. The van der Waals surface area contributed by atoms with Crippen LogP contribution < -0.4 is 5.32 Å². The summed E-state index contributed by atoms with van der Waals surface area (Å²) in [5, 5.41) is 12.5. The molecule has 0 saturated heterocycles. The molecule has 1 aromatic carbocycles. The van der Waals surface area contributed by atoms with Crippen molar-refractivity contribution in [3.8, 4) is 5.75 Å². The fourth-order valence-electron chi connectivity index (χ4n) is 1.68. The van der Waals surface area contributed by atoms with E-state index in [2.05, 4.69) is 5.32 Å². The lowest BCUT2D eigenvalue weighted by Crippen LogP contribution is -2.22. The molecule has 0 saturated carbocycles. The van der Waals surface area contributed by atoms with E-state index < -0.39 is 0 Å². The highest BCUT2D eigenvalue weighted by Crippen LogP contribution is 2.19. The van der Waals surface area contributed by atoms with Crippen LogP contribution in [-0.2, 0) is 6.54 Å². The number of hydrogen-bond acceptors (Lipinski definition) is 3. The van der Waals surface area contributed by atoms with Gasteiger partial charge in [0.15, 0.2) is 0 Å². The third kappa shape index (κ3) is 2.90. The highest BCUT2D eigenvalue weighted by atomic mass is 32.1. The molecule has 0 unspecified atom stereocenters. The van der Waals surface area contributed by atoms with E-state index in [1.54, 1.807) is 23.5 Å². The Balaban J connectivity index is 2.03. The van der Waals surface area contributed by atoms with Gasteiger partial charge in [0.1, 0.15) is 5.75 Å². The summed E-state index contributed by atoms with van der Waals surface area (Å²) in [5.74, 6) is -0.228. The molecule has 0 aliphatic rings. The van der Waals surface area contributed by atoms with Gasteiger partial charge in [0, 0.05) is 9.75 Å². The van der Waals surface area contributed by atoms with Crippen molar-refractivity contribution in [3.05, 3.63) is 51.2 Å². The summed E-state index contributed by atoms with van der Waals surface area (Å²) < 4.78 is 0. The second-order valence-corrected chi connectivity index (χ2v) is 5.59. The molecule has 1 amide bonds. The first-order valence-corrected chi connectivity index (χ1v) is 6.51. The predicted octanol–water partition coefficient (Wildman–Crippen LogP) is 3.00. The molecule has 2 rings (SSSR count). The molecule has 0 bridgehead atoms. The summed E-state index contributed by atoms with van der Waals surface area (Å²) in [7, 11) is 0. The average Bonchev–Trinajstić information content (AvgIpc) is 2.72. The van der Waals surface area contributed by atoms with Crippen LogP contribution in [0.5, 0.6) is 5.75 Å². The molecular weight excluding hydrogens is 246 g/mol. The third-order valence-corrected chi connectivity index (χ3v) is 3.62.